The van der Waals surface area contributed by atoms with Gasteiger partial charge in [-0.2, -0.15) is 0 Å². The molecule has 0 saturated carbocycles. The molecule has 0 aromatic heterocycles. The summed E-state index contributed by atoms with van der Waals surface area (Å²) < 4.78 is 11.7. The van der Waals surface area contributed by atoms with Gasteiger partial charge in [0.25, 0.3) is 0 Å². The smallest absolute Gasteiger partial charge is 0.240 e. The Labute approximate surface area is 75.2 Å². The lowest BCUT2D eigenvalue weighted by Crippen LogP contribution is -2.27. The SMILES string of the molecule is CC(C)(C=CF)C(Cl)C(=O)Cl. The van der Waals surface area contributed by atoms with Gasteiger partial charge in [0.2, 0.25) is 5.24 Å². The van der Waals surface area contributed by atoms with Crippen LogP contribution >= 0.6 is 23.2 Å². The molecular weight excluding hydrogens is 190 g/mol. The summed E-state index contributed by atoms with van der Waals surface area (Å²) in [6.45, 7) is 3.25. The maximum Gasteiger partial charge on any atom is 0.240 e. The zero-order valence-corrected chi connectivity index (χ0v) is 7.79. The third kappa shape index (κ3) is 3.21. The lowest BCUT2D eigenvalue weighted by molar-refractivity contribution is -0.112. The van der Waals surface area contributed by atoms with E-state index in [4.69, 9.17) is 23.2 Å². The molecule has 1 nitrogen and oxygen atoms in total. The third-order valence-corrected chi connectivity index (χ3v) is 2.44. The zero-order valence-electron chi connectivity index (χ0n) is 6.27. The second kappa shape index (κ2) is 4.07. The molecule has 1 unspecified atom stereocenters. The largest absolute Gasteiger partial charge is 0.280 e. The van der Waals surface area contributed by atoms with E-state index < -0.39 is 16.0 Å². The van der Waals surface area contributed by atoms with Crippen LogP contribution in [0.2, 0.25) is 0 Å². The Hall–Kier alpha value is -0.0800. The second-order valence-electron chi connectivity index (χ2n) is 2.78. The van der Waals surface area contributed by atoms with E-state index in [0.29, 0.717) is 6.33 Å². The molecule has 0 aromatic carbocycles. The van der Waals surface area contributed by atoms with Crippen LogP contribution in [0, 0.1) is 5.41 Å². The predicted molar refractivity (Wildman–Crippen MR) is 44.5 cm³/mol. The summed E-state index contributed by atoms with van der Waals surface area (Å²) in [5.41, 5.74) is -0.741. The molecule has 4 heteroatoms. The summed E-state index contributed by atoms with van der Waals surface area (Å²) in [6.07, 6.45) is 1.56. The standard InChI is InChI=1S/C7H9Cl2FO/c1-7(2,3-4-10)5(8)6(9)11/h3-5H,1-2H3. The Morgan fingerprint density at radius 1 is 1.64 bits per heavy atom. The minimum Gasteiger partial charge on any atom is -0.280 e. The molecule has 0 radical (unpaired) electrons. The van der Waals surface area contributed by atoms with Gasteiger partial charge in [0.15, 0.2) is 0 Å². The van der Waals surface area contributed by atoms with E-state index in [0.717, 1.165) is 0 Å². The molecule has 0 aliphatic carbocycles. The molecule has 0 rings (SSSR count). The lowest BCUT2D eigenvalue weighted by atomic mass is 9.90. The Kier molecular flexibility index (Phi) is 4.04. The van der Waals surface area contributed by atoms with Crippen molar-refractivity contribution in [3.05, 3.63) is 12.4 Å². The van der Waals surface area contributed by atoms with Gasteiger partial charge in [0.1, 0.15) is 5.38 Å². The molecule has 64 valence electrons. The van der Waals surface area contributed by atoms with Gasteiger partial charge >= 0.3 is 0 Å². The van der Waals surface area contributed by atoms with Crippen molar-refractivity contribution in [2.75, 3.05) is 0 Å². The van der Waals surface area contributed by atoms with Gasteiger partial charge in [-0.15, -0.1) is 11.6 Å². The molecule has 0 spiro atoms. The lowest BCUT2D eigenvalue weighted by Gasteiger charge is -2.22. The summed E-state index contributed by atoms with van der Waals surface area (Å²) >= 11 is 10.7. The van der Waals surface area contributed by atoms with Crippen molar-refractivity contribution < 1.29 is 9.18 Å². The number of allylic oxidation sites excluding steroid dienone is 1. The second-order valence-corrected chi connectivity index (χ2v) is 3.59. The van der Waals surface area contributed by atoms with Gasteiger partial charge in [-0.3, -0.25) is 4.79 Å². The highest BCUT2D eigenvalue weighted by Crippen LogP contribution is 2.28. The van der Waals surface area contributed by atoms with Crippen LogP contribution in [0.1, 0.15) is 13.8 Å². The summed E-state index contributed by atoms with van der Waals surface area (Å²) in [5.74, 6) is 0. The van der Waals surface area contributed by atoms with Gasteiger partial charge < -0.3 is 0 Å². The molecule has 0 bridgehead atoms. The van der Waals surface area contributed by atoms with E-state index in [-0.39, 0.29) is 0 Å². The van der Waals surface area contributed by atoms with Crippen molar-refractivity contribution in [1.29, 1.82) is 0 Å². The molecule has 0 amide bonds. The highest BCUT2D eigenvalue weighted by atomic mass is 35.5. The number of hydrogen-bond acceptors (Lipinski definition) is 1. The minimum absolute atomic E-state index is 0.356. The normalized spacial score (nSPS) is 15.4. The van der Waals surface area contributed by atoms with Gasteiger partial charge in [0, 0.05) is 5.41 Å². The van der Waals surface area contributed by atoms with Gasteiger partial charge in [-0.25, -0.2) is 4.39 Å². The van der Waals surface area contributed by atoms with E-state index in [9.17, 15) is 9.18 Å². The van der Waals surface area contributed by atoms with Crippen molar-refractivity contribution in [2.24, 2.45) is 5.41 Å². The quantitative estimate of drug-likeness (QED) is 0.504. The molecule has 0 N–H and O–H groups in total. The highest BCUT2D eigenvalue weighted by Gasteiger charge is 2.30. The molecular formula is C7H9Cl2FO. The van der Waals surface area contributed by atoms with Crippen molar-refractivity contribution in [3.63, 3.8) is 0 Å². The first kappa shape index (κ1) is 10.9. The Bertz CT molecular complexity index is 177. The molecule has 1 atom stereocenters. The van der Waals surface area contributed by atoms with Gasteiger partial charge in [-0.1, -0.05) is 13.8 Å². The van der Waals surface area contributed by atoms with Crippen LogP contribution in [-0.4, -0.2) is 10.6 Å². The first-order valence-electron chi connectivity index (χ1n) is 3.03. The number of alkyl halides is 1. The number of hydrogen-bond donors (Lipinski definition) is 0. The van der Waals surface area contributed by atoms with Crippen LogP contribution in [0.4, 0.5) is 4.39 Å². The van der Waals surface area contributed by atoms with Crippen LogP contribution in [0.5, 0.6) is 0 Å². The number of rotatable bonds is 3. The molecule has 0 aliphatic heterocycles. The van der Waals surface area contributed by atoms with E-state index in [2.05, 4.69) is 0 Å². The molecule has 0 saturated heterocycles. The maximum atomic E-state index is 11.7. The molecule has 0 aromatic rings. The molecule has 0 heterocycles. The van der Waals surface area contributed by atoms with E-state index >= 15 is 0 Å². The Balaban J connectivity index is 4.41. The number of carbonyl (C=O) groups excluding carboxylic acids is 1. The third-order valence-electron chi connectivity index (χ3n) is 1.35. The minimum atomic E-state index is -0.892. The van der Waals surface area contributed by atoms with Crippen molar-refractivity contribution in [1.82, 2.24) is 0 Å². The van der Waals surface area contributed by atoms with Crippen LogP contribution < -0.4 is 0 Å². The average Bonchev–Trinajstić information content (AvgIpc) is 1.86. The number of carbonyl (C=O) groups is 1. The summed E-state index contributed by atoms with van der Waals surface area (Å²) in [7, 11) is 0. The molecule has 11 heavy (non-hydrogen) atoms. The topological polar surface area (TPSA) is 17.1 Å². The van der Waals surface area contributed by atoms with Crippen molar-refractivity contribution >= 4 is 28.4 Å². The van der Waals surface area contributed by atoms with Gasteiger partial charge in [0.05, 0.1) is 6.33 Å². The van der Waals surface area contributed by atoms with Crippen LogP contribution in [0.25, 0.3) is 0 Å². The fraction of sp³-hybridized carbons (Fsp3) is 0.571. The summed E-state index contributed by atoms with van der Waals surface area (Å²) in [5, 5.41) is -1.56. The first-order chi connectivity index (χ1) is 4.91. The predicted octanol–water partition coefficient (Wildman–Crippen LogP) is 2.87. The van der Waals surface area contributed by atoms with Crippen LogP contribution in [-0.2, 0) is 4.79 Å². The highest BCUT2D eigenvalue weighted by molar-refractivity contribution is 6.69. The van der Waals surface area contributed by atoms with Gasteiger partial charge in [-0.05, 0) is 17.7 Å². The summed E-state index contributed by atoms with van der Waals surface area (Å²) in [4.78, 5) is 10.5. The molecule has 0 aliphatic rings. The van der Waals surface area contributed by atoms with Crippen molar-refractivity contribution in [2.45, 2.75) is 19.2 Å². The Morgan fingerprint density at radius 3 is 2.36 bits per heavy atom. The Morgan fingerprint density at radius 2 is 2.09 bits per heavy atom. The van der Waals surface area contributed by atoms with Crippen LogP contribution in [0.3, 0.4) is 0 Å². The number of halogens is 3. The fourth-order valence-electron chi connectivity index (χ4n) is 0.539. The first-order valence-corrected chi connectivity index (χ1v) is 3.84. The van der Waals surface area contributed by atoms with E-state index in [1.165, 1.54) is 6.08 Å². The monoisotopic (exact) mass is 198 g/mol. The average molecular weight is 199 g/mol. The molecule has 0 fully saturated rings. The zero-order chi connectivity index (χ0) is 9.07. The van der Waals surface area contributed by atoms with Crippen molar-refractivity contribution in [3.8, 4) is 0 Å². The summed E-state index contributed by atoms with van der Waals surface area (Å²) in [6, 6.07) is 0. The van der Waals surface area contributed by atoms with E-state index in [1.807, 2.05) is 0 Å². The van der Waals surface area contributed by atoms with Crippen LogP contribution in [0.15, 0.2) is 12.4 Å². The van der Waals surface area contributed by atoms with E-state index in [1.54, 1.807) is 13.8 Å². The maximum absolute atomic E-state index is 11.7. The fourth-order valence-corrected chi connectivity index (χ4v) is 0.893.